The second-order valence-electron chi connectivity index (χ2n) is 18.8. The quantitative estimate of drug-likeness (QED) is 0.113. The van der Waals surface area contributed by atoms with E-state index in [9.17, 15) is 0 Å². The van der Waals surface area contributed by atoms with E-state index in [1.807, 2.05) is 6.07 Å². The van der Waals surface area contributed by atoms with E-state index in [0.29, 0.717) is 5.82 Å². The Labute approximate surface area is 420 Å². The normalized spacial score (nSPS) is 12.1. The average molecular weight is 950 g/mol. The van der Waals surface area contributed by atoms with Crippen molar-refractivity contribution in [1.29, 1.82) is 0 Å². The van der Waals surface area contributed by atoms with Gasteiger partial charge in [0.05, 0.1) is 44.1 Å². The molecule has 73 heavy (non-hydrogen) atoms. The second kappa shape index (κ2) is 16.2. The van der Waals surface area contributed by atoms with Crippen LogP contribution >= 0.6 is 0 Å². The first-order chi connectivity index (χ1) is 36.2. The Bertz CT molecular complexity index is 4490. The molecule has 0 radical (unpaired) electrons. The summed E-state index contributed by atoms with van der Waals surface area (Å²) in [4.78, 5) is 16.6. The van der Waals surface area contributed by atoms with Crippen molar-refractivity contribution < 1.29 is 0 Å². The Balaban J connectivity index is 1.01. The first-order valence-corrected chi connectivity index (χ1v) is 26.8. The van der Waals surface area contributed by atoms with Crippen LogP contribution in [0.15, 0.2) is 261 Å². The monoisotopic (exact) mass is 949 g/mol. The summed E-state index contributed by atoms with van der Waals surface area (Å²) in [5.74, 6) is 2.90. The van der Waals surface area contributed by atoms with Gasteiger partial charge in [0, 0.05) is 38.9 Å². The van der Waals surface area contributed by atoms with Crippen molar-refractivity contribution in [3.63, 3.8) is 0 Å². The average Bonchev–Trinajstić information content (AvgIpc) is 4.20. The van der Waals surface area contributed by atoms with Crippen molar-refractivity contribution in [2.75, 3.05) is 0 Å². The zero-order valence-electron chi connectivity index (χ0n) is 39.5. The lowest BCUT2D eigenvalue weighted by Gasteiger charge is -2.35. The molecule has 10 aromatic carbocycles. The van der Waals surface area contributed by atoms with Gasteiger partial charge in [-0.25, -0.2) is 15.0 Å². The van der Waals surface area contributed by atoms with E-state index in [1.165, 1.54) is 53.3 Å². The Morgan fingerprint density at radius 3 is 1.32 bits per heavy atom. The lowest BCUT2D eigenvalue weighted by molar-refractivity contribution is 0.980. The molecular weight excluding hydrogens is 907 g/mol. The first-order valence-electron chi connectivity index (χ1n) is 24.8. The summed E-state index contributed by atoms with van der Waals surface area (Å²) in [6, 6.07) is 94.4. The summed E-state index contributed by atoms with van der Waals surface area (Å²) in [7, 11) is -3.13. The lowest BCUT2D eigenvalue weighted by atomic mass is 10.2. The van der Waals surface area contributed by atoms with Crippen molar-refractivity contribution in [3.05, 3.63) is 261 Å². The Morgan fingerprint density at radius 1 is 0.288 bits per heavy atom. The maximum absolute atomic E-state index is 5.63. The minimum Gasteiger partial charge on any atom is -0.309 e. The topological polar surface area (TPSA) is 57.9 Å². The van der Waals surface area contributed by atoms with E-state index >= 15 is 0 Å². The molecule has 0 saturated carbocycles. The van der Waals surface area contributed by atoms with Gasteiger partial charge in [-0.3, -0.25) is 13.5 Å². The molecule has 0 N–H and O–H groups in total. The van der Waals surface area contributed by atoms with Crippen LogP contribution in [0.5, 0.6) is 0 Å². The highest BCUT2D eigenvalue weighted by molar-refractivity contribution is 7.20. The number of benzene rings is 10. The van der Waals surface area contributed by atoms with E-state index in [1.54, 1.807) is 0 Å². The number of imidazole rings is 2. The van der Waals surface area contributed by atoms with Gasteiger partial charge in [0.1, 0.15) is 11.6 Å². The molecule has 5 heterocycles. The minimum atomic E-state index is -3.13. The molecule has 342 valence electrons. The van der Waals surface area contributed by atoms with Crippen molar-refractivity contribution in [3.8, 4) is 28.7 Å². The fraction of sp³-hybridized carbons (Fsp3) is 0. The molecule has 5 aromatic heterocycles. The van der Waals surface area contributed by atoms with Gasteiger partial charge in [0.25, 0.3) is 0 Å². The number of rotatable bonds is 8. The van der Waals surface area contributed by atoms with E-state index in [4.69, 9.17) is 15.0 Å². The maximum atomic E-state index is 5.63. The van der Waals surface area contributed by atoms with Crippen LogP contribution in [0.2, 0.25) is 0 Å². The van der Waals surface area contributed by atoms with E-state index < -0.39 is 8.07 Å². The molecule has 0 atom stereocenters. The van der Waals surface area contributed by atoms with Crippen LogP contribution in [-0.2, 0) is 0 Å². The van der Waals surface area contributed by atoms with Gasteiger partial charge in [-0.15, -0.1) is 0 Å². The number of hydrogen-bond acceptors (Lipinski definition) is 3. The van der Waals surface area contributed by atoms with Gasteiger partial charge in [0.15, 0.2) is 13.9 Å². The van der Waals surface area contributed by atoms with Crippen LogP contribution < -0.4 is 20.7 Å². The minimum absolute atomic E-state index is 0.617. The van der Waals surface area contributed by atoms with Crippen molar-refractivity contribution in [2.45, 2.75) is 0 Å². The third kappa shape index (κ3) is 6.14. The Morgan fingerprint density at radius 2 is 0.726 bits per heavy atom. The molecule has 0 saturated heterocycles. The highest BCUT2D eigenvalue weighted by Gasteiger charge is 2.42. The molecule has 0 aliphatic rings. The van der Waals surface area contributed by atoms with Gasteiger partial charge < -0.3 is 4.57 Å². The SMILES string of the molecule is c1ccc([Si](c2ccccc2)(c2cccc(-c3nc(-n4c5ccccc5c5ccccc54)cc(-n4c5ccccc5n5c6ccccc6nc45)n3)c2)c2cccc(-n3c4ccccc4c4ccccc43)c2)cc1. The van der Waals surface area contributed by atoms with Crippen LogP contribution in [0.3, 0.4) is 0 Å². The maximum Gasteiger partial charge on any atom is 0.221 e. The fourth-order valence-corrected chi connectivity index (χ4v) is 16.7. The molecule has 7 nitrogen and oxygen atoms in total. The van der Waals surface area contributed by atoms with Crippen molar-refractivity contribution >= 4 is 100 Å². The van der Waals surface area contributed by atoms with Gasteiger partial charge in [-0.05, 0) is 81.4 Å². The molecule has 0 fully saturated rings. The van der Waals surface area contributed by atoms with Crippen molar-refractivity contribution in [1.82, 2.24) is 33.1 Å². The van der Waals surface area contributed by atoms with Crippen molar-refractivity contribution in [2.24, 2.45) is 0 Å². The summed E-state index contributed by atoms with van der Waals surface area (Å²) in [6.07, 6.45) is 0. The number of fused-ring (bicyclic) bond motifs is 11. The van der Waals surface area contributed by atoms with E-state index in [0.717, 1.165) is 61.8 Å². The predicted molar refractivity (Wildman–Crippen MR) is 303 cm³/mol. The molecule has 0 aliphatic carbocycles. The van der Waals surface area contributed by atoms with Gasteiger partial charge in [-0.1, -0.05) is 194 Å². The van der Waals surface area contributed by atoms with Crippen LogP contribution in [0, 0.1) is 0 Å². The summed E-state index contributed by atoms with van der Waals surface area (Å²) >= 11 is 0. The molecule has 8 heteroatoms. The molecule has 0 amide bonds. The third-order valence-corrected chi connectivity index (χ3v) is 19.7. The summed E-state index contributed by atoms with van der Waals surface area (Å²) in [5.41, 5.74) is 10.6. The number of para-hydroxylation sites is 8. The second-order valence-corrected chi connectivity index (χ2v) is 22.6. The number of nitrogens with zero attached hydrogens (tertiary/aromatic N) is 7. The summed E-state index contributed by atoms with van der Waals surface area (Å²) < 4.78 is 9.18. The van der Waals surface area contributed by atoms with E-state index in [2.05, 4.69) is 273 Å². The third-order valence-electron chi connectivity index (χ3n) is 14.9. The van der Waals surface area contributed by atoms with Crippen LogP contribution in [0.25, 0.3) is 100 Å². The first kappa shape index (κ1) is 41.2. The van der Waals surface area contributed by atoms with Crippen LogP contribution in [0.4, 0.5) is 0 Å². The molecule has 15 rings (SSSR count). The molecular formula is C65H43N7Si. The van der Waals surface area contributed by atoms with Gasteiger partial charge >= 0.3 is 0 Å². The molecule has 0 spiro atoms. The zero-order chi connectivity index (χ0) is 48.0. The highest BCUT2D eigenvalue weighted by Crippen LogP contribution is 2.36. The summed E-state index contributed by atoms with van der Waals surface area (Å²) in [6.45, 7) is 0. The largest absolute Gasteiger partial charge is 0.309 e. The van der Waals surface area contributed by atoms with Gasteiger partial charge in [-0.2, -0.15) is 0 Å². The molecule has 0 unspecified atom stereocenters. The number of aromatic nitrogens is 7. The van der Waals surface area contributed by atoms with Crippen LogP contribution in [0.1, 0.15) is 0 Å². The molecule has 0 aliphatic heterocycles. The standard InChI is InChI=1S/C65H43N7Si/c1-3-23-46(24-4-1)73(47-25-5-2-6-26-47,49-28-20-22-45(42-49)69-55-34-12-7-29-50(55)51-30-8-13-35-56(51)69)48-27-19-21-44(41-48)64-67-62(70-57-36-14-9-31-52(57)53-32-10-15-37-58(53)70)43-63(68-64)72-61-40-18-17-39-60(61)71-59-38-16-11-33-54(59)66-65(71)72/h1-43H. The Kier molecular flexibility index (Phi) is 9.14. The zero-order valence-corrected chi connectivity index (χ0v) is 40.5. The molecule has 15 aromatic rings. The van der Waals surface area contributed by atoms with Crippen LogP contribution in [-0.4, -0.2) is 41.1 Å². The van der Waals surface area contributed by atoms with Gasteiger partial charge in [0.2, 0.25) is 5.78 Å². The predicted octanol–water partition coefficient (Wildman–Crippen LogP) is 12.5. The molecule has 0 bridgehead atoms. The number of hydrogen-bond donors (Lipinski definition) is 0. The highest BCUT2D eigenvalue weighted by atomic mass is 28.3. The fourth-order valence-electron chi connectivity index (χ4n) is 11.9. The Hall–Kier alpha value is -9.63. The smallest absolute Gasteiger partial charge is 0.221 e. The lowest BCUT2D eigenvalue weighted by Crippen LogP contribution is -2.74. The summed E-state index contributed by atoms with van der Waals surface area (Å²) in [5, 5.41) is 9.87. The van der Waals surface area contributed by atoms with E-state index in [-0.39, 0.29) is 0 Å².